The number of carboxylic acids is 1. The number of nitrogens with one attached hydrogen (secondary N) is 1. The van der Waals surface area contributed by atoms with Crippen molar-refractivity contribution in [2.45, 2.75) is 94.7 Å². The summed E-state index contributed by atoms with van der Waals surface area (Å²) in [7, 11) is -4.10. The Bertz CT molecular complexity index is 1840. The number of piperidine rings is 1. The van der Waals surface area contributed by atoms with Crippen molar-refractivity contribution in [3.05, 3.63) is 59.6 Å². The minimum Gasteiger partial charge on any atom is -0.477 e. The molecular weight excluding hydrogens is 691 g/mol. The van der Waals surface area contributed by atoms with Gasteiger partial charge in [0.2, 0.25) is 15.9 Å². The molecule has 12 nitrogen and oxygen atoms in total. The number of pyridine rings is 1. The van der Waals surface area contributed by atoms with E-state index in [0.29, 0.717) is 37.4 Å². The van der Waals surface area contributed by atoms with Crippen LogP contribution in [0.4, 0.5) is 16.3 Å². The first kappa shape index (κ1) is 36.8. The quantitative estimate of drug-likeness (QED) is 0.269. The predicted molar refractivity (Wildman–Crippen MR) is 197 cm³/mol. The zero-order valence-corrected chi connectivity index (χ0v) is 31.3. The van der Waals surface area contributed by atoms with Gasteiger partial charge in [0.1, 0.15) is 21.2 Å². The maximum absolute atomic E-state index is 14.1. The molecule has 0 radical (unpaired) electrons. The van der Waals surface area contributed by atoms with E-state index in [2.05, 4.69) is 15.2 Å². The number of piperazine rings is 1. The molecule has 6 rings (SSSR count). The van der Waals surface area contributed by atoms with Gasteiger partial charge in [-0.1, -0.05) is 49.6 Å². The fraction of sp³-hybridized carbons (Fsp3) is 0.514. The van der Waals surface area contributed by atoms with Gasteiger partial charge in [-0.3, -0.25) is 4.79 Å². The number of thiophene rings is 1. The monoisotopic (exact) mass is 737 g/mol. The van der Waals surface area contributed by atoms with Crippen molar-refractivity contribution in [2.24, 2.45) is 5.92 Å². The van der Waals surface area contributed by atoms with Crippen molar-refractivity contribution in [2.75, 3.05) is 36.0 Å². The van der Waals surface area contributed by atoms with Crippen molar-refractivity contribution in [1.29, 1.82) is 0 Å². The van der Waals surface area contributed by atoms with E-state index in [0.717, 1.165) is 53.9 Å². The SMILES string of the molecule is CC1(NC(=O)OC(C)(C)C)CCN(c2ccc(S(=O)(=O)N3CC(=O)N(c4cc(-c5ccccc5)sc4C(=O)O)C(C4CCCCC4)C3)cn2)CC1. The molecule has 1 unspecified atom stereocenters. The molecule has 3 aromatic rings. The van der Waals surface area contributed by atoms with Gasteiger partial charge >= 0.3 is 12.1 Å². The van der Waals surface area contributed by atoms with E-state index in [-0.39, 0.29) is 22.2 Å². The number of nitrogens with zero attached hydrogens (tertiary/aromatic N) is 4. The van der Waals surface area contributed by atoms with Gasteiger partial charge in [0, 0.05) is 36.2 Å². The summed E-state index contributed by atoms with van der Waals surface area (Å²) in [4.78, 5) is 47.9. The molecule has 2 N–H and O–H groups in total. The van der Waals surface area contributed by atoms with Crippen LogP contribution < -0.4 is 15.1 Å². The van der Waals surface area contributed by atoms with Gasteiger partial charge in [0.15, 0.2) is 0 Å². The Morgan fingerprint density at radius 1 is 1.04 bits per heavy atom. The van der Waals surface area contributed by atoms with Crippen LogP contribution in [0, 0.1) is 5.92 Å². The third-order valence-corrected chi connectivity index (χ3v) is 13.0. The number of ether oxygens (including phenoxy) is 1. The third-order valence-electron chi connectivity index (χ3n) is 10.1. The van der Waals surface area contributed by atoms with Gasteiger partial charge in [-0.25, -0.2) is 23.0 Å². The molecule has 1 aliphatic carbocycles. The molecule has 3 aliphatic rings. The maximum atomic E-state index is 14.1. The van der Waals surface area contributed by atoms with E-state index in [1.165, 1.54) is 16.6 Å². The lowest BCUT2D eigenvalue weighted by molar-refractivity contribution is -0.121. The predicted octanol–water partition coefficient (Wildman–Crippen LogP) is 6.38. The molecule has 1 aromatic carbocycles. The second-order valence-electron chi connectivity index (χ2n) is 15.0. The molecule has 3 fully saturated rings. The molecule has 0 spiro atoms. The largest absolute Gasteiger partial charge is 0.477 e. The molecule has 51 heavy (non-hydrogen) atoms. The number of rotatable bonds is 8. The van der Waals surface area contributed by atoms with Gasteiger partial charge < -0.3 is 25.0 Å². The van der Waals surface area contributed by atoms with E-state index in [4.69, 9.17) is 4.74 Å². The van der Waals surface area contributed by atoms with Crippen molar-refractivity contribution < 1.29 is 32.6 Å². The first-order valence-corrected chi connectivity index (χ1v) is 19.9. The average Bonchev–Trinajstić information content (AvgIpc) is 3.54. The highest BCUT2D eigenvalue weighted by Crippen LogP contribution is 2.42. The minimum atomic E-state index is -4.10. The molecule has 14 heteroatoms. The zero-order valence-electron chi connectivity index (χ0n) is 29.6. The molecule has 2 amide bonds. The Hall–Kier alpha value is -4.01. The number of alkyl carbamates (subject to hydrolysis) is 1. The minimum absolute atomic E-state index is 0.00328. The highest BCUT2D eigenvalue weighted by atomic mass is 32.2. The molecule has 1 atom stereocenters. The van der Waals surface area contributed by atoms with Gasteiger partial charge in [-0.2, -0.15) is 4.31 Å². The standard InChI is InChI=1S/C37H47N5O7S2/c1-36(2,3)49-35(46)39-37(4)17-19-40(20-18-37)31-16-15-27(22-38-31)51(47,48)41-23-29(25-11-7-5-8-12-25)42(32(43)24-41)28-21-30(50-33(28)34(44)45)26-13-9-6-10-14-26/h6,9-10,13-16,21-22,25,29H,5,7-8,11-12,17-20,23-24H2,1-4H3,(H,39,46)(H,44,45). The normalized spacial score (nSPS) is 20.6. The summed E-state index contributed by atoms with van der Waals surface area (Å²) in [6.07, 6.45) is 6.88. The van der Waals surface area contributed by atoms with Crippen LogP contribution in [0.5, 0.6) is 0 Å². The Labute approximate surface area is 303 Å². The van der Waals surface area contributed by atoms with Crippen LogP contribution >= 0.6 is 11.3 Å². The highest BCUT2D eigenvalue weighted by Gasteiger charge is 2.44. The molecule has 274 valence electrons. The van der Waals surface area contributed by atoms with Gasteiger partial charge in [-0.05, 0) is 83.1 Å². The van der Waals surface area contributed by atoms with Crippen LogP contribution in [0.25, 0.3) is 10.4 Å². The van der Waals surface area contributed by atoms with Crippen LogP contribution in [-0.2, 0) is 19.6 Å². The number of sulfonamides is 1. The molecule has 4 heterocycles. The number of aromatic carboxylic acids is 1. The number of aromatic nitrogens is 1. The van der Waals surface area contributed by atoms with E-state index in [9.17, 15) is 27.9 Å². The van der Waals surface area contributed by atoms with Crippen LogP contribution in [0.3, 0.4) is 0 Å². The Balaban J connectivity index is 1.20. The Kier molecular flexibility index (Phi) is 10.5. The smallest absolute Gasteiger partial charge is 0.408 e. The highest BCUT2D eigenvalue weighted by molar-refractivity contribution is 7.89. The Morgan fingerprint density at radius 3 is 2.33 bits per heavy atom. The molecule has 0 bridgehead atoms. The van der Waals surface area contributed by atoms with Gasteiger partial charge in [-0.15, -0.1) is 11.3 Å². The number of amides is 2. The molecular formula is C37H47N5O7S2. The topological polar surface area (TPSA) is 149 Å². The van der Waals surface area contributed by atoms with E-state index >= 15 is 0 Å². The summed E-state index contributed by atoms with van der Waals surface area (Å²) < 4.78 is 34.9. The number of carboxylic acid groups (broad SMARTS) is 1. The first-order valence-electron chi connectivity index (χ1n) is 17.6. The number of benzene rings is 1. The van der Waals surface area contributed by atoms with E-state index in [1.807, 2.05) is 58.0 Å². The third kappa shape index (κ3) is 8.23. The van der Waals surface area contributed by atoms with Crippen molar-refractivity contribution in [1.82, 2.24) is 14.6 Å². The van der Waals surface area contributed by atoms with Gasteiger partial charge in [0.05, 0.1) is 18.3 Å². The second-order valence-corrected chi connectivity index (χ2v) is 18.0. The van der Waals surface area contributed by atoms with Crippen molar-refractivity contribution in [3.8, 4) is 10.4 Å². The zero-order chi connectivity index (χ0) is 36.6. The summed E-state index contributed by atoms with van der Waals surface area (Å²) in [6.45, 7) is 8.33. The molecule has 1 saturated carbocycles. The first-order chi connectivity index (χ1) is 24.1. The number of carbonyl (C=O) groups excluding carboxylic acids is 2. The van der Waals surface area contributed by atoms with Crippen LogP contribution in [-0.4, -0.2) is 84.1 Å². The van der Waals surface area contributed by atoms with Crippen LogP contribution in [0.1, 0.15) is 82.3 Å². The number of hydrogen-bond acceptors (Lipinski definition) is 9. The Morgan fingerprint density at radius 2 is 1.73 bits per heavy atom. The summed E-state index contributed by atoms with van der Waals surface area (Å²) in [5.41, 5.74) is 0.147. The molecule has 2 aromatic heterocycles. The lowest BCUT2D eigenvalue weighted by Crippen LogP contribution is -2.60. The lowest BCUT2D eigenvalue weighted by Gasteiger charge is -2.44. The summed E-state index contributed by atoms with van der Waals surface area (Å²) >= 11 is 1.12. The molecule has 2 saturated heterocycles. The number of carbonyl (C=O) groups is 3. The van der Waals surface area contributed by atoms with Crippen molar-refractivity contribution in [3.63, 3.8) is 0 Å². The fourth-order valence-electron chi connectivity index (χ4n) is 7.37. The van der Waals surface area contributed by atoms with Crippen molar-refractivity contribution >= 4 is 50.8 Å². The lowest BCUT2D eigenvalue weighted by atomic mass is 9.82. The van der Waals surface area contributed by atoms with Crippen LogP contribution in [0.15, 0.2) is 59.6 Å². The summed E-state index contributed by atoms with van der Waals surface area (Å²) in [6, 6.07) is 13.9. The van der Waals surface area contributed by atoms with E-state index in [1.54, 1.807) is 17.0 Å². The maximum Gasteiger partial charge on any atom is 0.408 e. The second kappa shape index (κ2) is 14.5. The van der Waals surface area contributed by atoms with Gasteiger partial charge in [0.25, 0.3) is 0 Å². The number of hydrogen-bond donors (Lipinski definition) is 2. The number of anilines is 2. The summed E-state index contributed by atoms with van der Waals surface area (Å²) in [5.74, 6) is -0.910. The average molecular weight is 738 g/mol. The molecule has 2 aliphatic heterocycles. The fourth-order valence-corrected chi connectivity index (χ4v) is 9.71. The van der Waals surface area contributed by atoms with E-state index < -0.39 is 51.7 Å². The van der Waals surface area contributed by atoms with Crippen LogP contribution in [0.2, 0.25) is 0 Å². The summed E-state index contributed by atoms with van der Waals surface area (Å²) in [5, 5.41) is 13.2.